The molecule has 4 rings (SSSR count). The van der Waals surface area contributed by atoms with Gasteiger partial charge in [0.2, 0.25) is 0 Å². The molecule has 0 aliphatic carbocycles. The van der Waals surface area contributed by atoms with E-state index in [-0.39, 0.29) is 11.5 Å². The van der Waals surface area contributed by atoms with Crippen molar-refractivity contribution in [1.29, 1.82) is 0 Å². The highest BCUT2D eigenvalue weighted by molar-refractivity contribution is 5.50. The number of non-ortho nitro benzene ring substituents is 1. The molecule has 0 bridgehead atoms. The molecule has 8 nitrogen and oxygen atoms in total. The lowest BCUT2D eigenvalue weighted by atomic mass is 10.2. The van der Waals surface area contributed by atoms with E-state index in [1.807, 2.05) is 0 Å². The predicted molar refractivity (Wildman–Crippen MR) is 109 cm³/mol. The van der Waals surface area contributed by atoms with Crippen molar-refractivity contribution in [2.75, 3.05) is 31.1 Å². The molecule has 0 N–H and O–H groups in total. The number of rotatable bonds is 6. The lowest BCUT2D eigenvalue weighted by Crippen LogP contribution is -2.46. The number of aromatic nitrogens is 2. The van der Waals surface area contributed by atoms with Crippen LogP contribution in [-0.2, 0) is 6.54 Å². The SMILES string of the molecule is O=[N+]([O-])c1ccc(CN2CCN(c3nccnc3Oc3ccc(F)cc3)CC2)cc1. The number of ether oxygens (including phenoxy) is 1. The Hall–Kier alpha value is -3.59. The molecule has 1 aliphatic rings. The van der Waals surface area contributed by atoms with Crippen LogP contribution < -0.4 is 9.64 Å². The van der Waals surface area contributed by atoms with Crippen molar-refractivity contribution in [1.82, 2.24) is 14.9 Å². The van der Waals surface area contributed by atoms with Gasteiger partial charge in [-0.25, -0.2) is 14.4 Å². The molecule has 154 valence electrons. The number of nitrogens with zero attached hydrogens (tertiary/aromatic N) is 5. The van der Waals surface area contributed by atoms with Crippen molar-refractivity contribution < 1.29 is 14.1 Å². The summed E-state index contributed by atoms with van der Waals surface area (Å²) < 4.78 is 18.9. The molecule has 0 amide bonds. The van der Waals surface area contributed by atoms with Crippen molar-refractivity contribution >= 4 is 11.5 Å². The maximum atomic E-state index is 13.1. The van der Waals surface area contributed by atoms with Gasteiger partial charge in [-0.2, -0.15) is 0 Å². The first-order chi connectivity index (χ1) is 14.6. The Bertz CT molecular complexity index is 1010. The summed E-state index contributed by atoms with van der Waals surface area (Å²) in [7, 11) is 0. The summed E-state index contributed by atoms with van der Waals surface area (Å²) in [6.45, 7) is 3.83. The molecular weight excluding hydrogens is 389 g/mol. The Balaban J connectivity index is 1.38. The molecule has 1 aromatic heterocycles. The minimum atomic E-state index is -0.394. The largest absolute Gasteiger partial charge is 0.436 e. The number of nitro groups is 1. The lowest BCUT2D eigenvalue weighted by molar-refractivity contribution is -0.384. The molecule has 1 fully saturated rings. The Kier molecular flexibility index (Phi) is 5.80. The number of benzene rings is 2. The highest BCUT2D eigenvalue weighted by Gasteiger charge is 2.22. The summed E-state index contributed by atoms with van der Waals surface area (Å²) in [5.41, 5.74) is 1.13. The van der Waals surface area contributed by atoms with Gasteiger partial charge in [0.25, 0.3) is 11.6 Å². The number of hydrogen-bond donors (Lipinski definition) is 0. The molecule has 0 atom stereocenters. The topological polar surface area (TPSA) is 84.6 Å². The predicted octanol–water partition coefficient (Wildman–Crippen LogP) is 3.64. The molecule has 0 radical (unpaired) electrons. The summed E-state index contributed by atoms with van der Waals surface area (Å²) in [5.74, 6) is 1.20. The van der Waals surface area contributed by atoms with Gasteiger partial charge in [-0.15, -0.1) is 0 Å². The van der Waals surface area contributed by atoms with Gasteiger partial charge in [0.1, 0.15) is 11.6 Å². The van der Waals surface area contributed by atoms with Crippen molar-refractivity contribution in [2.45, 2.75) is 6.54 Å². The van der Waals surface area contributed by atoms with Gasteiger partial charge in [0.15, 0.2) is 5.82 Å². The number of nitro benzene ring substituents is 1. The van der Waals surface area contributed by atoms with Crippen molar-refractivity contribution in [3.63, 3.8) is 0 Å². The fourth-order valence-electron chi connectivity index (χ4n) is 3.32. The normalized spacial score (nSPS) is 14.5. The second-order valence-corrected chi connectivity index (χ2v) is 6.93. The van der Waals surface area contributed by atoms with Crippen LogP contribution in [-0.4, -0.2) is 46.0 Å². The summed E-state index contributed by atoms with van der Waals surface area (Å²) in [6, 6.07) is 12.4. The van der Waals surface area contributed by atoms with Crippen LogP contribution in [0.1, 0.15) is 5.56 Å². The Labute approximate surface area is 172 Å². The molecular formula is C21H20FN5O3. The standard InChI is InChI=1S/C21H20FN5O3/c22-17-3-7-19(8-4-17)30-21-20(23-9-10-24-21)26-13-11-25(12-14-26)15-16-1-5-18(6-2-16)27(28)29/h1-10H,11-15H2. The van der Waals surface area contributed by atoms with E-state index in [2.05, 4.69) is 19.8 Å². The number of anilines is 1. The molecule has 0 unspecified atom stereocenters. The Morgan fingerprint density at radius 2 is 1.63 bits per heavy atom. The van der Waals surface area contributed by atoms with E-state index in [4.69, 9.17) is 4.74 Å². The highest BCUT2D eigenvalue weighted by Crippen LogP contribution is 2.29. The van der Waals surface area contributed by atoms with Gasteiger partial charge in [-0.3, -0.25) is 15.0 Å². The van der Waals surface area contributed by atoms with Crippen LogP contribution in [0, 0.1) is 15.9 Å². The van der Waals surface area contributed by atoms with E-state index in [1.54, 1.807) is 36.7 Å². The van der Waals surface area contributed by atoms with Gasteiger partial charge in [0.05, 0.1) is 4.92 Å². The average molecular weight is 409 g/mol. The van der Waals surface area contributed by atoms with Crippen LogP contribution in [0.25, 0.3) is 0 Å². The average Bonchev–Trinajstić information content (AvgIpc) is 2.77. The maximum Gasteiger partial charge on any atom is 0.269 e. The molecule has 1 saturated heterocycles. The van der Waals surface area contributed by atoms with Crippen molar-refractivity contribution in [3.8, 4) is 11.6 Å². The second-order valence-electron chi connectivity index (χ2n) is 6.93. The fourth-order valence-corrected chi connectivity index (χ4v) is 3.32. The van der Waals surface area contributed by atoms with Gasteiger partial charge in [-0.1, -0.05) is 12.1 Å². The number of halogens is 1. The van der Waals surface area contributed by atoms with Crippen LogP contribution in [0.15, 0.2) is 60.9 Å². The molecule has 2 aromatic carbocycles. The molecule has 2 heterocycles. The second kappa shape index (κ2) is 8.83. The van der Waals surface area contributed by atoms with Crippen molar-refractivity contribution in [3.05, 3.63) is 82.4 Å². The van der Waals surface area contributed by atoms with Gasteiger partial charge in [0, 0.05) is 57.3 Å². The van der Waals surface area contributed by atoms with Gasteiger partial charge >= 0.3 is 0 Å². The number of piperazine rings is 1. The van der Waals surface area contributed by atoms with Crippen LogP contribution >= 0.6 is 0 Å². The van der Waals surface area contributed by atoms with Crippen LogP contribution in [0.3, 0.4) is 0 Å². The van der Waals surface area contributed by atoms with E-state index in [1.165, 1.54) is 24.3 Å². The van der Waals surface area contributed by atoms with Gasteiger partial charge < -0.3 is 9.64 Å². The maximum absolute atomic E-state index is 13.1. The zero-order chi connectivity index (χ0) is 20.9. The molecule has 9 heteroatoms. The molecule has 1 aliphatic heterocycles. The van der Waals surface area contributed by atoms with E-state index in [0.29, 0.717) is 17.4 Å². The third-order valence-corrected chi connectivity index (χ3v) is 4.90. The quantitative estimate of drug-likeness (QED) is 0.454. The van der Waals surface area contributed by atoms with Crippen molar-refractivity contribution in [2.24, 2.45) is 0 Å². The first-order valence-electron chi connectivity index (χ1n) is 9.53. The molecule has 3 aromatic rings. The first kappa shape index (κ1) is 19.7. The molecule has 0 saturated carbocycles. The summed E-state index contributed by atoms with van der Waals surface area (Å²) in [4.78, 5) is 23.5. The Morgan fingerprint density at radius 1 is 0.967 bits per heavy atom. The van der Waals surface area contributed by atoms with Gasteiger partial charge in [-0.05, 0) is 29.8 Å². The third kappa shape index (κ3) is 4.69. The minimum absolute atomic E-state index is 0.0971. The Morgan fingerprint density at radius 3 is 2.30 bits per heavy atom. The van der Waals surface area contributed by atoms with E-state index in [9.17, 15) is 14.5 Å². The highest BCUT2D eigenvalue weighted by atomic mass is 19.1. The smallest absolute Gasteiger partial charge is 0.269 e. The number of hydrogen-bond acceptors (Lipinski definition) is 7. The van der Waals surface area contributed by atoms with E-state index >= 15 is 0 Å². The van der Waals surface area contributed by atoms with E-state index in [0.717, 1.165) is 38.3 Å². The monoisotopic (exact) mass is 409 g/mol. The van der Waals surface area contributed by atoms with Crippen LogP contribution in [0.4, 0.5) is 15.9 Å². The minimum Gasteiger partial charge on any atom is -0.436 e. The zero-order valence-corrected chi connectivity index (χ0v) is 16.1. The zero-order valence-electron chi connectivity index (χ0n) is 16.1. The van der Waals surface area contributed by atoms with E-state index < -0.39 is 4.92 Å². The van der Waals surface area contributed by atoms with Crippen LogP contribution in [0.5, 0.6) is 11.6 Å². The lowest BCUT2D eigenvalue weighted by Gasteiger charge is -2.35. The summed E-state index contributed by atoms with van der Waals surface area (Å²) in [5, 5.41) is 10.8. The molecule has 30 heavy (non-hydrogen) atoms. The summed E-state index contributed by atoms with van der Waals surface area (Å²) >= 11 is 0. The van der Waals surface area contributed by atoms with Crippen LogP contribution in [0.2, 0.25) is 0 Å². The first-order valence-corrected chi connectivity index (χ1v) is 9.53. The molecule has 0 spiro atoms. The third-order valence-electron chi connectivity index (χ3n) is 4.90. The fraction of sp³-hybridized carbons (Fsp3) is 0.238. The summed E-state index contributed by atoms with van der Waals surface area (Å²) in [6.07, 6.45) is 3.18.